The third-order valence-corrected chi connectivity index (χ3v) is 4.88. The summed E-state index contributed by atoms with van der Waals surface area (Å²) in [5.41, 5.74) is 1.60. The maximum Gasteiger partial charge on any atom is 0.168 e. The summed E-state index contributed by atoms with van der Waals surface area (Å²) in [6.07, 6.45) is -2.83. The maximum atomic E-state index is 10.4. The number of nitrogens with one attached hydrogen (secondary N) is 1. The Morgan fingerprint density at radius 1 is 1.14 bits per heavy atom. The second kappa shape index (κ2) is 7.56. The van der Waals surface area contributed by atoms with E-state index in [0.29, 0.717) is 28.5 Å². The van der Waals surface area contributed by atoms with Crippen LogP contribution >= 0.6 is 0 Å². The smallest absolute Gasteiger partial charge is 0.168 e. The first kappa shape index (κ1) is 19.5. The Morgan fingerprint density at radius 3 is 2.48 bits per heavy atom. The van der Waals surface area contributed by atoms with Gasteiger partial charge in [0.2, 0.25) is 0 Å². The van der Waals surface area contributed by atoms with Crippen LogP contribution in [-0.2, 0) is 4.74 Å². The lowest BCUT2D eigenvalue weighted by Gasteiger charge is -2.17. The fourth-order valence-corrected chi connectivity index (χ4v) is 3.26. The van der Waals surface area contributed by atoms with Crippen molar-refractivity contribution in [2.24, 2.45) is 0 Å². The molecule has 1 aliphatic heterocycles. The number of phenols is 1. The number of aromatic nitrogens is 4. The number of phenolic OH excluding ortho intramolecular Hbond substituents is 1. The van der Waals surface area contributed by atoms with E-state index in [1.807, 2.05) is 13.8 Å². The Hall–Kier alpha value is -2.79. The van der Waals surface area contributed by atoms with Crippen molar-refractivity contribution in [3.05, 3.63) is 36.4 Å². The first-order valence-corrected chi connectivity index (χ1v) is 9.32. The van der Waals surface area contributed by atoms with Crippen LogP contribution in [0.4, 0.5) is 11.5 Å². The zero-order chi connectivity index (χ0) is 20.7. The van der Waals surface area contributed by atoms with Crippen molar-refractivity contribution in [2.45, 2.75) is 44.3 Å². The summed E-state index contributed by atoms with van der Waals surface area (Å²) in [5, 5.41) is 42.5. The van der Waals surface area contributed by atoms with E-state index in [9.17, 15) is 20.4 Å². The van der Waals surface area contributed by atoms with Crippen LogP contribution in [-0.4, -0.2) is 64.9 Å². The van der Waals surface area contributed by atoms with Crippen LogP contribution < -0.4 is 5.32 Å². The number of hydrogen-bond acceptors (Lipinski definition) is 9. The predicted molar refractivity (Wildman–Crippen MR) is 104 cm³/mol. The fraction of sp³-hybridized carbons (Fsp3) is 0.421. The molecule has 5 N–H and O–H groups in total. The van der Waals surface area contributed by atoms with Gasteiger partial charge < -0.3 is 30.5 Å². The maximum absolute atomic E-state index is 10.4. The monoisotopic (exact) mass is 401 g/mol. The van der Waals surface area contributed by atoms with E-state index in [4.69, 9.17) is 4.74 Å². The van der Waals surface area contributed by atoms with Gasteiger partial charge in [-0.1, -0.05) is 13.8 Å². The highest BCUT2D eigenvalue weighted by Crippen LogP contribution is 2.33. The molecule has 0 aliphatic carbocycles. The first-order valence-electron chi connectivity index (χ1n) is 9.32. The molecule has 10 heteroatoms. The van der Waals surface area contributed by atoms with Gasteiger partial charge in [-0.25, -0.2) is 15.0 Å². The quantitative estimate of drug-likeness (QED) is 0.395. The number of hydrogen-bond donors (Lipinski definition) is 5. The van der Waals surface area contributed by atoms with Gasteiger partial charge in [-0.15, -0.1) is 0 Å². The number of imidazole rings is 1. The summed E-state index contributed by atoms with van der Waals surface area (Å²) < 4.78 is 7.16. The third kappa shape index (κ3) is 3.51. The molecule has 3 aromatic rings. The lowest BCUT2D eigenvalue weighted by Crippen LogP contribution is -2.33. The molecule has 3 heterocycles. The highest BCUT2D eigenvalue weighted by molar-refractivity contribution is 5.85. The molecule has 154 valence electrons. The van der Waals surface area contributed by atoms with Gasteiger partial charge in [0.25, 0.3) is 0 Å². The molecule has 1 aromatic carbocycles. The van der Waals surface area contributed by atoms with Crippen LogP contribution in [0.3, 0.4) is 0 Å². The lowest BCUT2D eigenvalue weighted by atomic mass is 10.1. The Morgan fingerprint density at radius 2 is 1.86 bits per heavy atom. The Bertz CT molecular complexity index is 1010. The average molecular weight is 401 g/mol. The van der Waals surface area contributed by atoms with E-state index in [-0.39, 0.29) is 11.7 Å². The van der Waals surface area contributed by atoms with Gasteiger partial charge in [-0.2, -0.15) is 0 Å². The van der Waals surface area contributed by atoms with E-state index >= 15 is 0 Å². The molecule has 0 amide bonds. The molecule has 0 spiro atoms. The number of rotatable bonds is 5. The number of aromatic hydroxyl groups is 1. The number of fused-ring (bicyclic) bond motifs is 1. The molecule has 4 rings (SSSR count). The van der Waals surface area contributed by atoms with Crippen molar-refractivity contribution in [1.82, 2.24) is 19.5 Å². The van der Waals surface area contributed by atoms with Crippen LogP contribution in [0.2, 0.25) is 0 Å². The van der Waals surface area contributed by atoms with Crippen molar-refractivity contribution in [2.75, 3.05) is 11.9 Å². The first-order chi connectivity index (χ1) is 13.9. The summed E-state index contributed by atoms with van der Waals surface area (Å²) in [6, 6.07) is 6.53. The van der Waals surface area contributed by atoms with Crippen LogP contribution in [0.25, 0.3) is 11.2 Å². The SMILES string of the molecule is CC(C)c1nc(Nc2ccc(O)cc2)c2ncn([C@@H]3O[C@H](CO)[C@@H](O)[C@H]3O)c2n1. The molecule has 29 heavy (non-hydrogen) atoms. The van der Waals surface area contributed by atoms with Crippen molar-refractivity contribution < 1.29 is 25.2 Å². The molecule has 0 saturated carbocycles. The molecule has 1 saturated heterocycles. The zero-order valence-electron chi connectivity index (χ0n) is 16.0. The number of aliphatic hydroxyl groups is 3. The van der Waals surface area contributed by atoms with Gasteiger partial charge in [-0.3, -0.25) is 4.57 Å². The molecule has 4 atom stereocenters. The van der Waals surface area contributed by atoms with Gasteiger partial charge >= 0.3 is 0 Å². The average Bonchev–Trinajstić information content (AvgIpc) is 3.25. The van der Waals surface area contributed by atoms with Crippen LogP contribution in [0.5, 0.6) is 5.75 Å². The Balaban J connectivity index is 1.78. The molecule has 0 radical (unpaired) electrons. The Labute approximate surface area is 166 Å². The van der Waals surface area contributed by atoms with Crippen molar-refractivity contribution >= 4 is 22.7 Å². The largest absolute Gasteiger partial charge is 0.508 e. The minimum atomic E-state index is -1.24. The van der Waals surface area contributed by atoms with Crippen LogP contribution in [0.1, 0.15) is 31.8 Å². The lowest BCUT2D eigenvalue weighted by molar-refractivity contribution is -0.0511. The summed E-state index contributed by atoms with van der Waals surface area (Å²) in [5.74, 6) is 1.20. The van der Waals surface area contributed by atoms with Gasteiger partial charge in [0.1, 0.15) is 29.9 Å². The molecule has 0 unspecified atom stereocenters. The van der Waals surface area contributed by atoms with Crippen LogP contribution in [0.15, 0.2) is 30.6 Å². The van der Waals surface area contributed by atoms with Crippen LogP contribution in [0, 0.1) is 0 Å². The van der Waals surface area contributed by atoms with E-state index in [1.165, 1.54) is 10.9 Å². The van der Waals surface area contributed by atoms with Gasteiger partial charge in [0, 0.05) is 11.6 Å². The minimum absolute atomic E-state index is 0.0216. The van der Waals surface area contributed by atoms with E-state index in [1.54, 1.807) is 24.3 Å². The number of benzene rings is 1. The summed E-state index contributed by atoms with van der Waals surface area (Å²) in [6.45, 7) is 3.50. The topological polar surface area (TPSA) is 146 Å². The molecule has 0 bridgehead atoms. The Kier molecular flexibility index (Phi) is 5.09. The molecule has 1 aliphatic rings. The zero-order valence-corrected chi connectivity index (χ0v) is 16.0. The van der Waals surface area contributed by atoms with E-state index < -0.39 is 31.1 Å². The van der Waals surface area contributed by atoms with Crippen molar-refractivity contribution in [1.29, 1.82) is 0 Å². The molecular weight excluding hydrogens is 378 g/mol. The minimum Gasteiger partial charge on any atom is -0.508 e. The van der Waals surface area contributed by atoms with Gasteiger partial charge in [-0.05, 0) is 24.3 Å². The summed E-state index contributed by atoms with van der Waals surface area (Å²) in [4.78, 5) is 13.5. The number of anilines is 2. The fourth-order valence-electron chi connectivity index (χ4n) is 3.26. The van der Waals surface area contributed by atoms with Crippen molar-refractivity contribution in [3.63, 3.8) is 0 Å². The van der Waals surface area contributed by atoms with E-state index in [2.05, 4.69) is 20.3 Å². The van der Waals surface area contributed by atoms with E-state index in [0.717, 1.165) is 0 Å². The highest BCUT2D eigenvalue weighted by Gasteiger charge is 2.44. The van der Waals surface area contributed by atoms with Gasteiger partial charge in [0.15, 0.2) is 23.2 Å². The normalized spacial score (nSPS) is 24.5. The second-order valence-corrected chi connectivity index (χ2v) is 7.31. The molecule has 2 aromatic heterocycles. The van der Waals surface area contributed by atoms with Crippen molar-refractivity contribution in [3.8, 4) is 5.75 Å². The molecule has 10 nitrogen and oxygen atoms in total. The summed E-state index contributed by atoms with van der Waals surface area (Å²) in [7, 11) is 0. The predicted octanol–water partition coefficient (Wildman–Crippen LogP) is 1.01. The highest BCUT2D eigenvalue weighted by atomic mass is 16.6. The number of ether oxygens (including phenoxy) is 1. The molecule has 1 fully saturated rings. The number of aliphatic hydroxyl groups excluding tert-OH is 3. The standard InChI is InChI=1S/C19H23N5O5/c1-9(2)16-22-17(21-10-3-5-11(26)6-4-10)13-18(23-16)24(8-20-13)19-15(28)14(27)12(7-25)29-19/h3-6,8-9,12,14-15,19,25-28H,7H2,1-2H3,(H,21,22,23)/t12-,14-,15-,19-/m1/s1. The van der Waals surface area contributed by atoms with Gasteiger partial charge in [0.05, 0.1) is 12.9 Å². The molecular formula is C19H23N5O5. The number of nitrogens with zero attached hydrogens (tertiary/aromatic N) is 4. The third-order valence-electron chi connectivity index (χ3n) is 4.88. The second-order valence-electron chi connectivity index (χ2n) is 7.31. The summed E-state index contributed by atoms with van der Waals surface area (Å²) >= 11 is 0.